The normalized spacial score (nSPS) is 25.4. The highest BCUT2D eigenvalue weighted by Gasteiger charge is 2.31. The van der Waals surface area contributed by atoms with Gasteiger partial charge in [-0.25, -0.2) is 4.98 Å². The van der Waals surface area contributed by atoms with Gasteiger partial charge in [-0.1, -0.05) is 34.1 Å². The molecule has 0 bridgehead atoms. The lowest BCUT2D eigenvalue weighted by atomic mass is 9.91. The molecule has 2 heterocycles. The minimum absolute atomic E-state index is 0.617. The van der Waals surface area contributed by atoms with Crippen molar-refractivity contribution in [2.24, 2.45) is 18.9 Å². The highest BCUT2D eigenvalue weighted by atomic mass is 15.2. The number of nitrogens with one attached hydrogen (secondary N) is 1. The van der Waals surface area contributed by atoms with Gasteiger partial charge < -0.3 is 9.88 Å². The first-order chi connectivity index (χ1) is 10.0. The molecule has 3 unspecified atom stereocenters. The van der Waals surface area contributed by atoms with Gasteiger partial charge in [-0.2, -0.15) is 0 Å². The molecule has 1 N–H and O–H groups in total. The average molecular weight is 292 g/mol. The smallest absolute Gasteiger partial charge is 0.109 e. The van der Waals surface area contributed by atoms with Crippen LogP contribution in [0.15, 0.2) is 12.4 Å². The fourth-order valence-electron chi connectivity index (χ4n) is 3.27. The molecule has 4 heteroatoms. The van der Waals surface area contributed by atoms with E-state index in [0.29, 0.717) is 18.0 Å². The Morgan fingerprint density at radius 2 is 2.14 bits per heavy atom. The highest BCUT2D eigenvalue weighted by molar-refractivity contribution is 4.95. The van der Waals surface area contributed by atoms with Crippen LogP contribution in [0.4, 0.5) is 0 Å². The molecule has 1 saturated heterocycles. The van der Waals surface area contributed by atoms with Crippen molar-refractivity contribution in [3.8, 4) is 0 Å². The maximum atomic E-state index is 4.47. The standard InChI is InChI=1S/C17H32N4/c1-6-14(4)16-11-19-15(13(2)3)12-21(16)9-7-17-18-8-10-20(17)5/h8,10,13-16,19H,6-7,9,11-12H2,1-5H3. The fourth-order valence-corrected chi connectivity index (χ4v) is 3.27. The molecule has 1 aliphatic heterocycles. The molecule has 0 aliphatic carbocycles. The van der Waals surface area contributed by atoms with E-state index in [1.54, 1.807) is 0 Å². The Hall–Kier alpha value is -0.870. The zero-order valence-corrected chi connectivity index (χ0v) is 14.3. The molecule has 0 saturated carbocycles. The number of nitrogens with zero attached hydrogens (tertiary/aromatic N) is 3. The Morgan fingerprint density at radius 1 is 1.38 bits per heavy atom. The number of aryl methyl sites for hydroxylation is 1. The Labute approximate surface area is 129 Å². The Bertz CT molecular complexity index is 426. The van der Waals surface area contributed by atoms with Gasteiger partial charge in [-0.15, -0.1) is 0 Å². The van der Waals surface area contributed by atoms with Gasteiger partial charge in [-0.05, 0) is 11.8 Å². The van der Waals surface area contributed by atoms with Crippen molar-refractivity contribution in [3.63, 3.8) is 0 Å². The van der Waals surface area contributed by atoms with Gasteiger partial charge in [0.15, 0.2) is 0 Å². The Kier molecular flexibility index (Phi) is 5.82. The molecule has 4 nitrogen and oxygen atoms in total. The Balaban J connectivity index is 2.00. The van der Waals surface area contributed by atoms with E-state index in [0.717, 1.165) is 32.0 Å². The van der Waals surface area contributed by atoms with Gasteiger partial charge in [0.1, 0.15) is 5.82 Å². The van der Waals surface area contributed by atoms with Gasteiger partial charge in [0.05, 0.1) is 0 Å². The van der Waals surface area contributed by atoms with Crippen LogP contribution in [0.2, 0.25) is 0 Å². The molecule has 1 aromatic heterocycles. The summed E-state index contributed by atoms with van der Waals surface area (Å²) >= 11 is 0. The minimum atomic E-state index is 0.617. The van der Waals surface area contributed by atoms with Crippen molar-refractivity contribution in [2.45, 2.75) is 52.6 Å². The molecular weight excluding hydrogens is 260 g/mol. The third-order valence-corrected chi connectivity index (χ3v) is 5.14. The SMILES string of the molecule is CCC(C)C1CNC(C(C)C)CN1CCc1nccn1C. The average Bonchev–Trinajstić information content (AvgIpc) is 2.89. The summed E-state index contributed by atoms with van der Waals surface area (Å²) in [5.74, 6) is 2.63. The van der Waals surface area contributed by atoms with Gasteiger partial charge in [-0.3, -0.25) is 4.90 Å². The van der Waals surface area contributed by atoms with E-state index in [1.165, 1.54) is 12.2 Å². The van der Waals surface area contributed by atoms with E-state index in [4.69, 9.17) is 0 Å². The van der Waals surface area contributed by atoms with Crippen molar-refractivity contribution in [1.29, 1.82) is 0 Å². The first-order valence-electron chi connectivity index (χ1n) is 8.46. The van der Waals surface area contributed by atoms with E-state index < -0.39 is 0 Å². The molecule has 1 aliphatic rings. The predicted octanol–water partition coefficient (Wildman–Crippen LogP) is 2.31. The summed E-state index contributed by atoms with van der Waals surface area (Å²) < 4.78 is 2.14. The molecule has 0 spiro atoms. The third-order valence-electron chi connectivity index (χ3n) is 5.14. The monoisotopic (exact) mass is 292 g/mol. The first kappa shape index (κ1) is 16.5. The summed E-state index contributed by atoms with van der Waals surface area (Å²) in [7, 11) is 2.09. The van der Waals surface area contributed by atoms with Gasteiger partial charge in [0, 0.05) is 57.6 Å². The van der Waals surface area contributed by atoms with Crippen LogP contribution in [0.1, 0.15) is 39.9 Å². The predicted molar refractivity (Wildman–Crippen MR) is 88.4 cm³/mol. The quantitative estimate of drug-likeness (QED) is 0.873. The number of hydrogen-bond donors (Lipinski definition) is 1. The van der Waals surface area contributed by atoms with E-state index in [2.05, 4.69) is 54.5 Å². The third kappa shape index (κ3) is 4.07. The molecular formula is C17H32N4. The van der Waals surface area contributed by atoms with E-state index >= 15 is 0 Å². The summed E-state index contributed by atoms with van der Waals surface area (Å²) in [4.78, 5) is 7.16. The largest absolute Gasteiger partial charge is 0.338 e. The van der Waals surface area contributed by atoms with Crippen molar-refractivity contribution >= 4 is 0 Å². The molecule has 2 rings (SSSR count). The summed E-state index contributed by atoms with van der Waals surface area (Å²) in [5, 5.41) is 3.76. The van der Waals surface area contributed by atoms with Crippen LogP contribution >= 0.6 is 0 Å². The van der Waals surface area contributed by atoms with Gasteiger partial charge in [0.2, 0.25) is 0 Å². The molecule has 0 amide bonds. The molecule has 1 aromatic rings. The molecule has 0 radical (unpaired) electrons. The molecule has 1 fully saturated rings. The number of aromatic nitrogens is 2. The van der Waals surface area contributed by atoms with E-state index in [9.17, 15) is 0 Å². The van der Waals surface area contributed by atoms with Crippen LogP contribution in [-0.4, -0.2) is 46.2 Å². The first-order valence-corrected chi connectivity index (χ1v) is 8.46. The second-order valence-corrected chi connectivity index (χ2v) is 6.91. The van der Waals surface area contributed by atoms with Crippen LogP contribution in [0.3, 0.4) is 0 Å². The van der Waals surface area contributed by atoms with Crippen molar-refractivity contribution in [1.82, 2.24) is 19.8 Å². The molecule has 3 atom stereocenters. The molecule has 120 valence electrons. The zero-order chi connectivity index (χ0) is 15.4. The topological polar surface area (TPSA) is 33.1 Å². The maximum Gasteiger partial charge on any atom is 0.109 e. The summed E-state index contributed by atoms with van der Waals surface area (Å²) in [6.45, 7) is 12.7. The highest BCUT2D eigenvalue weighted by Crippen LogP contribution is 2.20. The van der Waals surface area contributed by atoms with Crippen LogP contribution in [0.25, 0.3) is 0 Å². The Morgan fingerprint density at radius 3 is 2.71 bits per heavy atom. The van der Waals surface area contributed by atoms with Crippen LogP contribution in [-0.2, 0) is 13.5 Å². The zero-order valence-electron chi connectivity index (χ0n) is 14.3. The van der Waals surface area contributed by atoms with E-state index in [1.807, 2.05) is 12.4 Å². The van der Waals surface area contributed by atoms with Gasteiger partial charge >= 0.3 is 0 Å². The van der Waals surface area contributed by atoms with Crippen LogP contribution < -0.4 is 5.32 Å². The minimum Gasteiger partial charge on any atom is -0.338 e. The lowest BCUT2D eigenvalue weighted by molar-refractivity contribution is 0.0794. The second-order valence-electron chi connectivity index (χ2n) is 6.91. The number of rotatable bonds is 6. The lowest BCUT2D eigenvalue weighted by Crippen LogP contribution is -2.60. The van der Waals surface area contributed by atoms with Gasteiger partial charge in [0.25, 0.3) is 0 Å². The maximum absolute atomic E-state index is 4.47. The summed E-state index contributed by atoms with van der Waals surface area (Å²) in [6, 6.07) is 1.27. The number of imidazole rings is 1. The second kappa shape index (κ2) is 7.41. The van der Waals surface area contributed by atoms with Crippen molar-refractivity contribution in [3.05, 3.63) is 18.2 Å². The molecule has 21 heavy (non-hydrogen) atoms. The lowest BCUT2D eigenvalue weighted by Gasteiger charge is -2.44. The summed E-state index contributed by atoms with van der Waals surface area (Å²) in [5.41, 5.74) is 0. The van der Waals surface area contributed by atoms with Crippen molar-refractivity contribution < 1.29 is 0 Å². The van der Waals surface area contributed by atoms with Crippen LogP contribution in [0, 0.1) is 11.8 Å². The molecule has 0 aromatic carbocycles. The fraction of sp³-hybridized carbons (Fsp3) is 0.824. The van der Waals surface area contributed by atoms with Crippen LogP contribution in [0.5, 0.6) is 0 Å². The number of piperazine rings is 1. The van der Waals surface area contributed by atoms with Crippen molar-refractivity contribution in [2.75, 3.05) is 19.6 Å². The van der Waals surface area contributed by atoms with E-state index in [-0.39, 0.29) is 0 Å². The number of hydrogen-bond acceptors (Lipinski definition) is 3. The summed E-state index contributed by atoms with van der Waals surface area (Å²) in [6.07, 6.45) is 6.23.